The van der Waals surface area contributed by atoms with Gasteiger partial charge in [0.25, 0.3) is 0 Å². The smallest absolute Gasteiger partial charge is 0.429 e. The molecule has 1 N–H and O–H groups in total. The van der Waals surface area contributed by atoms with Crippen LogP contribution in [0.15, 0.2) is 121 Å². The van der Waals surface area contributed by atoms with Crippen LogP contribution in [0.3, 0.4) is 0 Å². The van der Waals surface area contributed by atoms with Crippen LogP contribution >= 0.6 is 0 Å². The van der Waals surface area contributed by atoms with E-state index in [-0.39, 0.29) is 25.4 Å². The predicted molar refractivity (Wildman–Crippen MR) is 159 cm³/mol. The van der Waals surface area contributed by atoms with E-state index in [9.17, 15) is 14.4 Å². The molecule has 1 atom stereocenters. The molecule has 0 unspecified atom stereocenters. The minimum Gasteiger partial charge on any atom is -0.443 e. The molecule has 1 heterocycles. The number of Topliss-reactive ketones (excluding diaryl/α,β-unsaturated/α-hetero) is 1. The lowest BCUT2D eigenvalue weighted by molar-refractivity contribution is -0.124. The molecule has 1 fully saturated rings. The number of carbonyl (C=O) groups is 3. The lowest BCUT2D eigenvalue weighted by atomic mass is 10.1. The van der Waals surface area contributed by atoms with Gasteiger partial charge in [0, 0.05) is 6.42 Å². The van der Waals surface area contributed by atoms with Gasteiger partial charge in [-0.3, -0.25) is 4.79 Å². The van der Waals surface area contributed by atoms with Gasteiger partial charge in [0.15, 0.2) is 5.78 Å². The number of ketones is 1. The third-order valence-corrected chi connectivity index (χ3v) is 12.6. The van der Waals surface area contributed by atoms with Crippen molar-refractivity contribution >= 4 is 36.4 Å². The first kappa shape index (κ1) is 27.9. The number of nitrogens with one attached hydrogen (secondary N) is 1. The summed E-state index contributed by atoms with van der Waals surface area (Å²) in [5.41, 5.74) is 4.15. The van der Waals surface area contributed by atoms with Gasteiger partial charge in [-0.25, -0.2) is 20.0 Å². The van der Waals surface area contributed by atoms with Crippen molar-refractivity contribution in [1.82, 2.24) is 10.4 Å². The second-order valence-corrected chi connectivity index (χ2v) is 14.3. The third-order valence-electron chi connectivity index (χ3n) is 7.50. The van der Waals surface area contributed by atoms with Crippen molar-refractivity contribution in [3.63, 3.8) is 0 Å². The summed E-state index contributed by atoms with van der Waals surface area (Å²) in [5.74, 6) is -0.125. The van der Waals surface area contributed by atoms with E-state index in [1.165, 1.54) is 10.4 Å². The summed E-state index contributed by atoms with van der Waals surface area (Å²) in [6.07, 6.45) is -1.37. The molecule has 4 aromatic carbocycles. The van der Waals surface area contributed by atoms with Gasteiger partial charge in [0.1, 0.15) is 27.3 Å². The second kappa shape index (κ2) is 13.1. The van der Waals surface area contributed by atoms with E-state index in [4.69, 9.17) is 9.47 Å². The van der Waals surface area contributed by atoms with Crippen LogP contribution < -0.4 is 15.8 Å². The average molecular weight is 565 g/mol. The zero-order chi connectivity index (χ0) is 28.5. The highest BCUT2D eigenvalue weighted by Gasteiger charge is 2.48. The van der Waals surface area contributed by atoms with Gasteiger partial charge in [0.2, 0.25) is 0 Å². The van der Waals surface area contributed by atoms with Crippen molar-refractivity contribution in [3.05, 3.63) is 132 Å². The molecule has 0 radical (unpaired) electrons. The van der Waals surface area contributed by atoms with Gasteiger partial charge >= 0.3 is 12.2 Å². The zero-order valence-electron chi connectivity index (χ0n) is 22.6. The maximum atomic E-state index is 13.6. The predicted octanol–water partition coefficient (Wildman–Crippen LogP) is 5.07. The van der Waals surface area contributed by atoms with Crippen LogP contribution in [0.2, 0.25) is 12.1 Å². The molecule has 208 valence electrons. The molecule has 0 aromatic heterocycles. The molecule has 2 amide bonds. The van der Waals surface area contributed by atoms with E-state index < -0.39 is 26.3 Å². The number of carbonyl (C=O) groups excluding carboxylic acids is 3. The van der Waals surface area contributed by atoms with Crippen molar-refractivity contribution in [2.45, 2.75) is 37.8 Å². The summed E-state index contributed by atoms with van der Waals surface area (Å²) in [6, 6.07) is 39.1. The lowest BCUT2D eigenvalue weighted by Crippen LogP contribution is -2.67. The Labute approximate surface area is 240 Å². The molecular weight excluding hydrogens is 532 g/mol. The van der Waals surface area contributed by atoms with Crippen LogP contribution in [0, 0.1) is 0 Å². The first-order valence-corrected chi connectivity index (χ1v) is 16.1. The number of hydrazine groups is 1. The first-order chi connectivity index (χ1) is 20.0. The molecule has 41 heavy (non-hydrogen) atoms. The molecule has 0 spiro atoms. The van der Waals surface area contributed by atoms with Crippen LogP contribution in [0.25, 0.3) is 0 Å². The van der Waals surface area contributed by atoms with Crippen LogP contribution in [-0.2, 0) is 27.5 Å². The molecule has 1 aliphatic rings. The monoisotopic (exact) mass is 564 g/mol. The van der Waals surface area contributed by atoms with Crippen LogP contribution in [0.1, 0.15) is 17.5 Å². The summed E-state index contributed by atoms with van der Waals surface area (Å²) in [6.45, 7) is 0.0165. The highest BCUT2D eigenvalue weighted by Crippen LogP contribution is 2.30. The molecule has 1 aliphatic heterocycles. The summed E-state index contributed by atoms with van der Waals surface area (Å²) < 4.78 is 11.0. The normalized spacial score (nSPS) is 15.9. The Morgan fingerprint density at radius 1 is 0.707 bits per heavy atom. The number of benzene rings is 4. The van der Waals surface area contributed by atoms with Gasteiger partial charge in [-0.05, 0) is 23.2 Å². The van der Waals surface area contributed by atoms with Gasteiger partial charge in [-0.2, -0.15) is 0 Å². The Morgan fingerprint density at radius 3 is 1.68 bits per heavy atom. The fourth-order valence-electron chi connectivity index (χ4n) is 5.38. The molecule has 0 bridgehead atoms. The summed E-state index contributed by atoms with van der Waals surface area (Å²) >= 11 is 0. The molecular formula is C33H32N2O5Si. The van der Waals surface area contributed by atoms with Gasteiger partial charge < -0.3 is 9.47 Å². The van der Waals surface area contributed by atoms with E-state index in [0.717, 1.165) is 16.1 Å². The van der Waals surface area contributed by atoms with E-state index in [2.05, 4.69) is 29.7 Å². The minimum absolute atomic E-state index is 0.00221. The second-order valence-electron chi connectivity index (χ2n) is 10.1. The van der Waals surface area contributed by atoms with Gasteiger partial charge in [0.05, 0.1) is 0 Å². The maximum absolute atomic E-state index is 13.6. The number of ether oxygens (including phenoxy) is 2. The lowest BCUT2D eigenvalue weighted by Gasteiger charge is -2.42. The van der Waals surface area contributed by atoms with E-state index >= 15 is 0 Å². The molecule has 0 saturated carbocycles. The summed E-state index contributed by atoms with van der Waals surface area (Å²) in [5, 5.41) is 3.40. The Bertz CT molecular complexity index is 1410. The van der Waals surface area contributed by atoms with Crippen LogP contribution in [-0.4, -0.2) is 37.1 Å². The van der Waals surface area contributed by atoms with Crippen molar-refractivity contribution in [2.75, 3.05) is 0 Å². The van der Waals surface area contributed by atoms with Crippen molar-refractivity contribution < 1.29 is 23.9 Å². The molecule has 7 nitrogen and oxygen atoms in total. The number of nitrogens with zero attached hydrogens (tertiary/aromatic N) is 1. The van der Waals surface area contributed by atoms with Gasteiger partial charge in [-0.15, -0.1) is 0 Å². The zero-order valence-corrected chi connectivity index (χ0v) is 23.6. The fourth-order valence-corrected chi connectivity index (χ4v) is 10.4. The first-order valence-electron chi connectivity index (χ1n) is 13.7. The third kappa shape index (κ3) is 6.73. The Hall–Kier alpha value is -4.69. The standard InChI is InChI=1S/C33H32N2O5Si/c36-31-21-22-41(28-17-9-3-10-18-28,29-19-11-4-12-20-29)25-30(31)35(33(38)40-24-27-15-7-2-8-16-27)34-32(37)39-23-26-13-5-1-6-14-26/h1-20,30H,21-25H2,(H,34,37)/t30-/m1/s1. The van der Waals surface area contributed by atoms with Crippen LogP contribution in [0.4, 0.5) is 9.59 Å². The van der Waals surface area contributed by atoms with Crippen molar-refractivity contribution in [2.24, 2.45) is 0 Å². The molecule has 1 saturated heterocycles. The SMILES string of the molecule is O=C(NN(C(=O)OCc1ccccc1)[C@@H]1C[Si](c2ccccc2)(c2ccccc2)CCC1=O)OCc1ccccc1. The topological polar surface area (TPSA) is 84.9 Å². The average Bonchev–Trinajstić information content (AvgIpc) is 3.04. The summed E-state index contributed by atoms with van der Waals surface area (Å²) in [4.78, 5) is 40.0. The Morgan fingerprint density at radius 2 is 1.17 bits per heavy atom. The van der Waals surface area contributed by atoms with Crippen LogP contribution in [0.5, 0.6) is 0 Å². The Kier molecular flexibility index (Phi) is 8.91. The molecule has 5 rings (SSSR count). The largest absolute Gasteiger partial charge is 0.443 e. The fraction of sp³-hybridized carbons (Fsp3) is 0.182. The Balaban J connectivity index is 1.43. The number of hydrogen-bond donors (Lipinski definition) is 1. The number of hydrogen-bond acceptors (Lipinski definition) is 5. The van der Waals surface area contributed by atoms with E-state index in [1.807, 2.05) is 97.1 Å². The van der Waals surface area contributed by atoms with Crippen molar-refractivity contribution in [3.8, 4) is 0 Å². The molecule has 4 aromatic rings. The minimum atomic E-state index is -2.52. The van der Waals surface area contributed by atoms with Crippen molar-refractivity contribution in [1.29, 1.82) is 0 Å². The maximum Gasteiger partial charge on any atom is 0.429 e. The van der Waals surface area contributed by atoms with E-state index in [0.29, 0.717) is 12.1 Å². The highest BCUT2D eigenvalue weighted by molar-refractivity contribution is 7.02. The number of amides is 2. The quantitative estimate of drug-likeness (QED) is 0.250. The molecule has 8 heteroatoms. The molecule has 0 aliphatic carbocycles. The van der Waals surface area contributed by atoms with Gasteiger partial charge in [-0.1, -0.05) is 132 Å². The number of rotatable bonds is 7. The van der Waals surface area contributed by atoms with E-state index in [1.54, 1.807) is 0 Å². The summed E-state index contributed by atoms with van der Waals surface area (Å²) in [7, 11) is -2.52. The highest BCUT2D eigenvalue weighted by atomic mass is 28.3.